The predicted octanol–water partition coefficient (Wildman–Crippen LogP) is 2.37. The van der Waals surface area contributed by atoms with Gasteiger partial charge in [-0.1, -0.05) is 12.1 Å². The van der Waals surface area contributed by atoms with Gasteiger partial charge in [0.2, 0.25) is 5.95 Å². The first kappa shape index (κ1) is 15.9. The Balaban J connectivity index is 1.75. The third kappa shape index (κ3) is 3.86. The molecule has 0 radical (unpaired) electrons. The second-order valence-electron chi connectivity index (χ2n) is 5.47. The van der Waals surface area contributed by atoms with Crippen LogP contribution >= 0.6 is 15.9 Å². The number of halogens is 1. The highest BCUT2D eigenvalue weighted by atomic mass is 79.9. The molecule has 120 valence electrons. The summed E-state index contributed by atoms with van der Waals surface area (Å²) in [5, 5.41) is 3.13. The number of rotatable bonds is 3. The minimum absolute atomic E-state index is 0.0457. The summed E-state index contributed by atoms with van der Waals surface area (Å²) >= 11 is 3.47. The number of anilines is 2. The molecule has 3 rings (SSSR count). The van der Waals surface area contributed by atoms with Gasteiger partial charge in [-0.25, -0.2) is 9.97 Å². The van der Waals surface area contributed by atoms with E-state index < -0.39 is 0 Å². The van der Waals surface area contributed by atoms with Crippen LogP contribution < -0.4 is 5.32 Å². The Bertz CT molecular complexity index is 700. The number of carbonyl (C=O) groups excluding carboxylic acids is 1. The SMILES string of the molecule is CN1CCN(C(=O)c2ccnc(Nc3ccccc3Br)n2)CC1. The van der Waals surface area contributed by atoms with Crippen LogP contribution in [0.3, 0.4) is 0 Å². The number of aromatic nitrogens is 2. The van der Waals surface area contributed by atoms with Crippen molar-refractivity contribution in [3.05, 3.63) is 46.7 Å². The number of benzene rings is 1. The molecule has 0 unspecified atom stereocenters. The molecule has 1 saturated heterocycles. The van der Waals surface area contributed by atoms with Gasteiger partial charge in [-0.15, -0.1) is 0 Å². The first-order valence-corrected chi connectivity index (χ1v) is 8.25. The lowest BCUT2D eigenvalue weighted by molar-refractivity contribution is 0.0658. The third-order valence-electron chi connectivity index (χ3n) is 3.79. The molecule has 0 aliphatic carbocycles. The van der Waals surface area contributed by atoms with Crippen molar-refractivity contribution in [2.24, 2.45) is 0 Å². The summed E-state index contributed by atoms with van der Waals surface area (Å²) in [7, 11) is 2.06. The van der Waals surface area contributed by atoms with Crippen molar-refractivity contribution >= 4 is 33.5 Å². The Hall–Kier alpha value is -1.99. The summed E-state index contributed by atoms with van der Waals surface area (Å²) in [6, 6.07) is 9.37. The van der Waals surface area contributed by atoms with Crippen LogP contribution in [0.15, 0.2) is 41.0 Å². The molecule has 0 atom stereocenters. The van der Waals surface area contributed by atoms with E-state index in [2.05, 4.69) is 43.2 Å². The van der Waals surface area contributed by atoms with E-state index in [1.165, 1.54) is 0 Å². The maximum Gasteiger partial charge on any atom is 0.272 e. The van der Waals surface area contributed by atoms with Gasteiger partial charge >= 0.3 is 0 Å². The average molecular weight is 376 g/mol. The van der Waals surface area contributed by atoms with E-state index >= 15 is 0 Å². The summed E-state index contributed by atoms with van der Waals surface area (Å²) in [6.07, 6.45) is 1.61. The van der Waals surface area contributed by atoms with Crippen molar-refractivity contribution < 1.29 is 4.79 Å². The Morgan fingerprint density at radius 2 is 1.91 bits per heavy atom. The molecule has 1 aromatic carbocycles. The average Bonchev–Trinajstić information content (AvgIpc) is 2.57. The minimum Gasteiger partial charge on any atom is -0.335 e. The van der Waals surface area contributed by atoms with Crippen LogP contribution in [0.2, 0.25) is 0 Å². The van der Waals surface area contributed by atoms with Gasteiger partial charge in [0.15, 0.2) is 0 Å². The van der Waals surface area contributed by atoms with Crippen molar-refractivity contribution in [2.75, 3.05) is 38.5 Å². The first-order valence-electron chi connectivity index (χ1n) is 7.46. The summed E-state index contributed by atoms with van der Waals surface area (Å²) in [5.41, 5.74) is 1.27. The number of carbonyl (C=O) groups is 1. The van der Waals surface area contributed by atoms with Crippen molar-refractivity contribution in [1.82, 2.24) is 19.8 Å². The van der Waals surface area contributed by atoms with E-state index in [1.807, 2.05) is 29.2 Å². The highest BCUT2D eigenvalue weighted by molar-refractivity contribution is 9.10. The second-order valence-corrected chi connectivity index (χ2v) is 6.32. The van der Waals surface area contributed by atoms with Gasteiger partial charge in [0.25, 0.3) is 5.91 Å². The molecule has 1 N–H and O–H groups in total. The Labute approximate surface area is 143 Å². The van der Waals surface area contributed by atoms with Gasteiger partial charge in [0.1, 0.15) is 5.69 Å². The van der Waals surface area contributed by atoms with E-state index in [9.17, 15) is 4.79 Å². The molecule has 0 bridgehead atoms. The molecule has 1 fully saturated rings. The van der Waals surface area contributed by atoms with Gasteiger partial charge in [-0.3, -0.25) is 4.79 Å². The number of hydrogen-bond acceptors (Lipinski definition) is 5. The number of nitrogens with zero attached hydrogens (tertiary/aromatic N) is 4. The zero-order chi connectivity index (χ0) is 16.2. The van der Waals surface area contributed by atoms with Crippen molar-refractivity contribution in [1.29, 1.82) is 0 Å². The van der Waals surface area contributed by atoms with Gasteiger partial charge in [0, 0.05) is 36.8 Å². The van der Waals surface area contributed by atoms with E-state index in [-0.39, 0.29) is 5.91 Å². The standard InChI is InChI=1S/C16H18BrN5O/c1-21-8-10-22(11-9-21)15(23)14-6-7-18-16(20-14)19-13-5-3-2-4-12(13)17/h2-7H,8-11H2,1H3,(H,18,19,20). The van der Waals surface area contributed by atoms with Crippen molar-refractivity contribution in [3.8, 4) is 0 Å². The van der Waals surface area contributed by atoms with E-state index in [0.717, 1.165) is 36.3 Å². The number of likely N-dealkylation sites (N-methyl/N-ethyl adjacent to an activating group) is 1. The fourth-order valence-corrected chi connectivity index (χ4v) is 2.78. The maximum absolute atomic E-state index is 12.6. The Kier molecular flexibility index (Phi) is 4.88. The number of hydrogen-bond donors (Lipinski definition) is 1. The monoisotopic (exact) mass is 375 g/mol. The van der Waals surface area contributed by atoms with Crippen molar-refractivity contribution in [2.45, 2.75) is 0 Å². The number of nitrogens with one attached hydrogen (secondary N) is 1. The predicted molar refractivity (Wildman–Crippen MR) is 92.9 cm³/mol. The molecule has 1 amide bonds. The number of amides is 1. The molecule has 6 nitrogen and oxygen atoms in total. The zero-order valence-corrected chi connectivity index (χ0v) is 14.5. The van der Waals surface area contributed by atoms with Crippen LogP contribution in [-0.4, -0.2) is 58.9 Å². The largest absolute Gasteiger partial charge is 0.335 e. The lowest BCUT2D eigenvalue weighted by Crippen LogP contribution is -2.47. The fraction of sp³-hybridized carbons (Fsp3) is 0.312. The van der Waals surface area contributed by atoms with Crippen molar-refractivity contribution in [3.63, 3.8) is 0 Å². The lowest BCUT2D eigenvalue weighted by atomic mass is 10.3. The normalized spacial score (nSPS) is 15.5. The van der Waals surface area contributed by atoms with Gasteiger partial charge in [0.05, 0.1) is 5.69 Å². The van der Waals surface area contributed by atoms with Crippen LogP contribution in [0.4, 0.5) is 11.6 Å². The van der Waals surface area contributed by atoms with Crippen LogP contribution in [0.25, 0.3) is 0 Å². The fourth-order valence-electron chi connectivity index (χ4n) is 2.39. The lowest BCUT2D eigenvalue weighted by Gasteiger charge is -2.32. The van der Waals surface area contributed by atoms with E-state index in [0.29, 0.717) is 11.6 Å². The highest BCUT2D eigenvalue weighted by Gasteiger charge is 2.21. The smallest absolute Gasteiger partial charge is 0.272 e. The molecule has 7 heteroatoms. The minimum atomic E-state index is -0.0457. The summed E-state index contributed by atoms with van der Waals surface area (Å²) in [4.78, 5) is 25.2. The molecule has 23 heavy (non-hydrogen) atoms. The van der Waals surface area contributed by atoms with Crippen LogP contribution in [0.1, 0.15) is 10.5 Å². The summed E-state index contributed by atoms with van der Waals surface area (Å²) < 4.78 is 0.916. The molecule has 0 saturated carbocycles. The Morgan fingerprint density at radius 1 is 1.17 bits per heavy atom. The molecule has 1 aliphatic heterocycles. The number of piperazine rings is 1. The molecule has 1 aromatic heterocycles. The van der Waals surface area contributed by atoms with Gasteiger partial charge < -0.3 is 15.1 Å². The maximum atomic E-state index is 12.6. The van der Waals surface area contributed by atoms with E-state index in [4.69, 9.17) is 0 Å². The topological polar surface area (TPSA) is 61.4 Å². The molecule has 2 heterocycles. The van der Waals surface area contributed by atoms with Crippen LogP contribution in [-0.2, 0) is 0 Å². The highest BCUT2D eigenvalue weighted by Crippen LogP contribution is 2.23. The Morgan fingerprint density at radius 3 is 2.65 bits per heavy atom. The zero-order valence-electron chi connectivity index (χ0n) is 12.9. The molecular formula is C16H18BrN5O. The first-order chi connectivity index (χ1) is 11.1. The molecular weight excluding hydrogens is 358 g/mol. The van der Waals surface area contributed by atoms with E-state index in [1.54, 1.807) is 12.3 Å². The number of para-hydroxylation sites is 1. The summed E-state index contributed by atoms with van der Waals surface area (Å²) in [6.45, 7) is 3.23. The summed E-state index contributed by atoms with van der Waals surface area (Å²) in [5.74, 6) is 0.368. The molecule has 0 spiro atoms. The molecule has 1 aliphatic rings. The third-order valence-corrected chi connectivity index (χ3v) is 4.48. The quantitative estimate of drug-likeness (QED) is 0.891. The van der Waals surface area contributed by atoms with Crippen LogP contribution in [0, 0.1) is 0 Å². The second kappa shape index (κ2) is 7.06. The van der Waals surface area contributed by atoms with Crippen LogP contribution in [0.5, 0.6) is 0 Å². The molecule has 2 aromatic rings. The van der Waals surface area contributed by atoms with Gasteiger partial charge in [-0.2, -0.15) is 0 Å². The van der Waals surface area contributed by atoms with Gasteiger partial charge in [-0.05, 0) is 41.2 Å².